The van der Waals surface area contributed by atoms with Crippen LogP contribution in [-0.2, 0) is 11.2 Å². The minimum absolute atomic E-state index is 0.0545. The summed E-state index contributed by atoms with van der Waals surface area (Å²) >= 11 is 0. The summed E-state index contributed by atoms with van der Waals surface area (Å²) in [7, 11) is 3.27. The smallest absolute Gasteiger partial charge is 0.263 e. The molecule has 3 aromatic rings. The SMILES string of the molecule is COc1ccc(OC)c(CCNC(=O)C2CCCN(c3ncnc4onc(C)c34)C2)c1. The number of nitrogens with one attached hydrogen (secondary N) is 1. The number of piperidine rings is 1. The maximum absolute atomic E-state index is 12.9. The Kier molecular flexibility index (Phi) is 6.20. The molecule has 1 atom stereocenters. The zero-order valence-corrected chi connectivity index (χ0v) is 18.1. The van der Waals surface area contributed by atoms with Crippen molar-refractivity contribution in [3.63, 3.8) is 0 Å². The molecule has 0 spiro atoms. The number of amides is 1. The fraction of sp³-hybridized carbons (Fsp3) is 0.455. The van der Waals surface area contributed by atoms with E-state index in [-0.39, 0.29) is 11.8 Å². The number of aryl methyl sites for hydroxylation is 1. The average molecular weight is 425 g/mol. The lowest BCUT2D eigenvalue weighted by Crippen LogP contribution is -2.44. The van der Waals surface area contributed by atoms with E-state index in [1.54, 1.807) is 14.2 Å². The molecule has 1 saturated heterocycles. The number of rotatable bonds is 7. The Morgan fingerprint density at radius 2 is 2.16 bits per heavy atom. The van der Waals surface area contributed by atoms with Gasteiger partial charge in [-0.15, -0.1) is 0 Å². The van der Waals surface area contributed by atoms with Gasteiger partial charge in [-0.25, -0.2) is 4.98 Å². The van der Waals surface area contributed by atoms with Gasteiger partial charge in [0, 0.05) is 19.6 Å². The Labute approximate surface area is 180 Å². The third-order valence-corrected chi connectivity index (χ3v) is 5.70. The van der Waals surface area contributed by atoms with Crippen LogP contribution in [0.2, 0.25) is 0 Å². The van der Waals surface area contributed by atoms with Gasteiger partial charge in [-0.1, -0.05) is 5.16 Å². The number of anilines is 1. The molecule has 0 radical (unpaired) electrons. The third-order valence-electron chi connectivity index (χ3n) is 5.70. The quantitative estimate of drug-likeness (QED) is 0.616. The van der Waals surface area contributed by atoms with Crippen LogP contribution in [0.15, 0.2) is 29.0 Å². The standard InChI is InChI=1S/C22H27N5O4/c1-14-19-20(24-13-25-22(19)31-26-14)27-10-4-5-16(12-27)21(28)23-9-8-15-11-17(29-2)6-7-18(15)30-3/h6-7,11,13,16H,4-5,8-10,12H2,1-3H3,(H,23,28). The van der Waals surface area contributed by atoms with Crippen LogP contribution in [0.25, 0.3) is 11.1 Å². The maximum atomic E-state index is 12.9. The Hall–Kier alpha value is -3.36. The molecule has 1 aromatic carbocycles. The van der Waals surface area contributed by atoms with Crippen molar-refractivity contribution < 1.29 is 18.8 Å². The van der Waals surface area contributed by atoms with Crippen molar-refractivity contribution in [1.82, 2.24) is 20.4 Å². The molecule has 1 amide bonds. The van der Waals surface area contributed by atoms with Gasteiger partial charge in [-0.05, 0) is 49.9 Å². The molecular formula is C22H27N5O4. The lowest BCUT2D eigenvalue weighted by molar-refractivity contribution is -0.125. The van der Waals surface area contributed by atoms with Gasteiger partial charge in [0.1, 0.15) is 29.0 Å². The first-order chi connectivity index (χ1) is 15.1. The minimum Gasteiger partial charge on any atom is -0.497 e. The van der Waals surface area contributed by atoms with Gasteiger partial charge < -0.3 is 24.2 Å². The highest BCUT2D eigenvalue weighted by Gasteiger charge is 2.28. The van der Waals surface area contributed by atoms with Crippen LogP contribution < -0.4 is 19.7 Å². The summed E-state index contributed by atoms with van der Waals surface area (Å²) in [6.07, 6.45) is 3.90. The van der Waals surface area contributed by atoms with Crippen LogP contribution in [0.5, 0.6) is 11.5 Å². The maximum Gasteiger partial charge on any atom is 0.263 e. The van der Waals surface area contributed by atoms with Gasteiger partial charge in [-0.3, -0.25) is 4.79 Å². The molecule has 0 aliphatic carbocycles. The second-order valence-corrected chi connectivity index (χ2v) is 7.65. The van der Waals surface area contributed by atoms with Crippen molar-refractivity contribution in [3.05, 3.63) is 35.8 Å². The molecule has 31 heavy (non-hydrogen) atoms. The first-order valence-corrected chi connectivity index (χ1v) is 10.4. The average Bonchev–Trinajstić information content (AvgIpc) is 3.20. The number of methoxy groups -OCH3 is 2. The highest BCUT2D eigenvalue weighted by molar-refractivity contribution is 5.88. The van der Waals surface area contributed by atoms with Crippen LogP contribution in [0, 0.1) is 12.8 Å². The van der Waals surface area contributed by atoms with E-state index < -0.39 is 0 Å². The summed E-state index contributed by atoms with van der Waals surface area (Å²) in [5.41, 5.74) is 2.23. The summed E-state index contributed by atoms with van der Waals surface area (Å²) < 4.78 is 16.0. The first kappa shape index (κ1) is 20.9. The number of carbonyl (C=O) groups is 1. The number of aromatic nitrogens is 3. The lowest BCUT2D eigenvalue weighted by atomic mass is 9.96. The van der Waals surface area contributed by atoms with Crippen LogP contribution in [-0.4, -0.2) is 54.9 Å². The van der Waals surface area contributed by atoms with Crippen molar-refractivity contribution >= 4 is 22.8 Å². The van der Waals surface area contributed by atoms with Gasteiger partial charge in [0.25, 0.3) is 5.71 Å². The highest BCUT2D eigenvalue weighted by atomic mass is 16.5. The van der Waals surface area contributed by atoms with E-state index in [4.69, 9.17) is 14.0 Å². The van der Waals surface area contributed by atoms with Gasteiger partial charge in [-0.2, -0.15) is 4.98 Å². The van der Waals surface area contributed by atoms with Crippen molar-refractivity contribution in [1.29, 1.82) is 0 Å². The zero-order chi connectivity index (χ0) is 21.8. The summed E-state index contributed by atoms with van der Waals surface area (Å²) in [5.74, 6) is 2.29. The minimum atomic E-state index is -0.105. The number of benzene rings is 1. The highest BCUT2D eigenvalue weighted by Crippen LogP contribution is 2.29. The number of carbonyl (C=O) groups excluding carboxylic acids is 1. The molecule has 0 bridgehead atoms. The number of hydrogen-bond donors (Lipinski definition) is 1. The van der Waals surface area contributed by atoms with E-state index in [1.807, 2.05) is 25.1 Å². The van der Waals surface area contributed by atoms with Crippen LogP contribution in [0.4, 0.5) is 5.82 Å². The Morgan fingerprint density at radius 1 is 1.29 bits per heavy atom. The molecular weight excluding hydrogens is 398 g/mol. The third kappa shape index (κ3) is 4.40. The fourth-order valence-electron chi connectivity index (χ4n) is 4.07. The molecule has 1 unspecified atom stereocenters. The second-order valence-electron chi connectivity index (χ2n) is 7.65. The Balaban J connectivity index is 1.39. The Morgan fingerprint density at radius 3 is 2.97 bits per heavy atom. The van der Waals surface area contributed by atoms with Crippen molar-refractivity contribution in [2.45, 2.75) is 26.2 Å². The number of hydrogen-bond acceptors (Lipinski definition) is 8. The largest absolute Gasteiger partial charge is 0.497 e. The molecule has 2 aromatic heterocycles. The molecule has 3 heterocycles. The second kappa shape index (κ2) is 9.20. The Bertz CT molecular complexity index is 1070. The summed E-state index contributed by atoms with van der Waals surface area (Å²) in [6.45, 7) is 3.84. The summed E-state index contributed by atoms with van der Waals surface area (Å²) in [6, 6.07) is 5.68. The number of nitrogens with zero attached hydrogens (tertiary/aromatic N) is 4. The molecule has 9 heteroatoms. The van der Waals surface area contributed by atoms with E-state index in [0.29, 0.717) is 25.2 Å². The monoisotopic (exact) mass is 425 g/mol. The van der Waals surface area contributed by atoms with Gasteiger partial charge in [0.2, 0.25) is 5.91 Å². The zero-order valence-electron chi connectivity index (χ0n) is 18.1. The lowest BCUT2D eigenvalue weighted by Gasteiger charge is -2.33. The van der Waals surface area contributed by atoms with Gasteiger partial charge in [0.15, 0.2) is 0 Å². The van der Waals surface area contributed by atoms with Crippen molar-refractivity contribution in [2.75, 3.05) is 38.8 Å². The summed E-state index contributed by atoms with van der Waals surface area (Å²) in [5, 5.41) is 7.89. The molecule has 1 N–H and O–H groups in total. The number of ether oxygens (including phenoxy) is 2. The predicted octanol–water partition coefficient (Wildman–Crippen LogP) is 2.52. The van der Waals surface area contributed by atoms with E-state index in [9.17, 15) is 4.79 Å². The summed E-state index contributed by atoms with van der Waals surface area (Å²) in [4.78, 5) is 23.6. The van der Waals surface area contributed by atoms with E-state index in [0.717, 1.165) is 53.3 Å². The predicted molar refractivity (Wildman–Crippen MR) is 116 cm³/mol. The molecule has 1 aliphatic heterocycles. The molecule has 0 saturated carbocycles. The topological polar surface area (TPSA) is 103 Å². The van der Waals surface area contributed by atoms with E-state index in [2.05, 4.69) is 25.3 Å². The number of fused-ring (bicyclic) bond motifs is 1. The van der Waals surface area contributed by atoms with Gasteiger partial charge >= 0.3 is 0 Å². The van der Waals surface area contributed by atoms with E-state index >= 15 is 0 Å². The van der Waals surface area contributed by atoms with Crippen LogP contribution >= 0.6 is 0 Å². The van der Waals surface area contributed by atoms with Crippen molar-refractivity contribution in [3.8, 4) is 11.5 Å². The van der Waals surface area contributed by atoms with E-state index in [1.165, 1.54) is 6.33 Å². The molecule has 164 valence electrons. The van der Waals surface area contributed by atoms with Crippen molar-refractivity contribution in [2.24, 2.45) is 5.92 Å². The van der Waals surface area contributed by atoms with Crippen LogP contribution in [0.3, 0.4) is 0 Å². The normalized spacial score (nSPS) is 16.4. The van der Waals surface area contributed by atoms with Gasteiger partial charge in [0.05, 0.1) is 25.8 Å². The molecule has 4 rings (SSSR count). The molecule has 1 fully saturated rings. The molecule has 1 aliphatic rings. The fourth-order valence-corrected chi connectivity index (χ4v) is 4.07. The molecule has 9 nitrogen and oxygen atoms in total. The first-order valence-electron chi connectivity index (χ1n) is 10.4. The van der Waals surface area contributed by atoms with Crippen LogP contribution in [0.1, 0.15) is 24.1 Å².